The van der Waals surface area contributed by atoms with Crippen molar-refractivity contribution in [3.63, 3.8) is 0 Å². The van der Waals surface area contributed by atoms with Crippen LogP contribution in [-0.4, -0.2) is 37.5 Å². The number of benzene rings is 1. The highest BCUT2D eigenvalue weighted by Gasteiger charge is 2.53. The number of allylic oxidation sites excluding steroid dienone is 2. The van der Waals surface area contributed by atoms with E-state index >= 15 is 4.39 Å². The minimum Gasteiger partial charge on any atom is -0.349 e. The Morgan fingerprint density at radius 3 is 2.70 bits per heavy atom. The van der Waals surface area contributed by atoms with Gasteiger partial charge in [0, 0.05) is 24.5 Å². The second-order valence-electron chi connectivity index (χ2n) is 8.55. The van der Waals surface area contributed by atoms with E-state index in [4.69, 9.17) is 29.1 Å². The molecule has 0 bridgehead atoms. The van der Waals surface area contributed by atoms with Crippen LogP contribution in [-0.2, 0) is 17.6 Å². The summed E-state index contributed by atoms with van der Waals surface area (Å²) in [4.78, 5) is 23.7. The van der Waals surface area contributed by atoms with Crippen LogP contribution in [0.2, 0.25) is 0 Å². The number of nitriles is 1. The molecule has 1 atom stereocenters. The van der Waals surface area contributed by atoms with Crippen LogP contribution in [0.3, 0.4) is 0 Å². The molecule has 1 aliphatic carbocycles. The summed E-state index contributed by atoms with van der Waals surface area (Å²) >= 11 is 11.7. The average Bonchev–Trinajstić information content (AvgIpc) is 3.36. The van der Waals surface area contributed by atoms with E-state index < -0.39 is 17.4 Å². The van der Waals surface area contributed by atoms with Gasteiger partial charge in [-0.2, -0.15) is 5.26 Å². The number of halogens is 2. The highest BCUT2D eigenvalue weighted by atomic mass is 35.5. The highest BCUT2D eigenvalue weighted by Crippen LogP contribution is 2.39. The van der Waals surface area contributed by atoms with Crippen LogP contribution in [0.15, 0.2) is 59.2 Å². The molecule has 1 aromatic heterocycles. The van der Waals surface area contributed by atoms with Gasteiger partial charge in [0.2, 0.25) is 0 Å². The number of amides is 1. The van der Waals surface area contributed by atoms with Gasteiger partial charge in [-0.1, -0.05) is 29.8 Å². The smallest absolute Gasteiger partial charge is 0.255 e. The van der Waals surface area contributed by atoms with Crippen LogP contribution in [0.1, 0.15) is 38.1 Å². The second-order valence-corrected chi connectivity index (χ2v) is 9.29. The number of nitrogens with zero attached hydrogens (tertiary/aromatic N) is 4. The Kier molecular flexibility index (Phi) is 6.37. The van der Waals surface area contributed by atoms with Gasteiger partial charge < -0.3 is 9.88 Å². The number of aromatic amines is 1. The molecule has 2 aromatic rings. The molecule has 1 unspecified atom stereocenters. The zero-order valence-electron chi connectivity index (χ0n) is 18.3. The van der Waals surface area contributed by atoms with Crippen molar-refractivity contribution in [2.24, 2.45) is 0 Å². The summed E-state index contributed by atoms with van der Waals surface area (Å²) in [7, 11) is 0. The number of hydrogen-bond acceptors (Lipinski definition) is 4. The van der Waals surface area contributed by atoms with Gasteiger partial charge in [-0.25, -0.2) is 9.37 Å². The molecule has 170 valence electrons. The van der Waals surface area contributed by atoms with Crippen molar-refractivity contribution in [3.8, 4) is 6.07 Å². The summed E-state index contributed by atoms with van der Waals surface area (Å²) in [5.74, 6) is -0.0559. The SMILES string of the molecule is CC1(C)C(=O)N(C2CC=C(C#N)C(Cl)=C2F)C(=S)N1c1ccc(CCCc2ncc[nH]2)cc1. The number of aryl methyl sites for hydroxylation is 2. The van der Waals surface area contributed by atoms with Crippen LogP contribution in [0.25, 0.3) is 0 Å². The molecule has 2 heterocycles. The van der Waals surface area contributed by atoms with Gasteiger partial charge in [-0.15, -0.1) is 0 Å². The lowest BCUT2D eigenvalue weighted by molar-refractivity contribution is -0.130. The van der Waals surface area contributed by atoms with E-state index in [1.165, 1.54) is 10.5 Å². The third-order valence-electron chi connectivity index (χ3n) is 6.04. The quantitative estimate of drug-likeness (QED) is 0.589. The lowest BCUT2D eigenvalue weighted by Crippen LogP contribution is -2.45. The maximum Gasteiger partial charge on any atom is 0.255 e. The Morgan fingerprint density at radius 1 is 1.33 bits per heavy atom. The zero-order chi connectivity index (χ0) is 23.8. The molecule has 1 aromatic carbocycles. The van der Waals surface area contributed by atoms with E-state index in [9.17, 15) is 4.79 Å². The van der Waals surface area contributed by atoms with Gasteiger partial charge in [0.05, 0.1) is 16.6 Å². The first-order valence-corrected chi connectivity index (χ1v) is 11.4. The van der Waals surface area contributed by atoms with Crippen molar-refractivity contribution in [1.29, 1.82) is 5.26 Å². The number of thiocarbonyl (C=S) groups is 1. The molecular formula is C24H23ClFN5OS. The number of nitrogens with one attached hydrogen (secondary N) is 1. The number of imidazole rings is 1. The largest absolute Gasteiger partial charge is 0.349 e. The van der Waals surface area contributed by atoms with Crippen LogP contribution < -0.4 is 4.90 Å². The number of aromatic nitrogens is 2. The van der Waals surface area contributed by atoms with Gasteiger partial charge in [-0.05, 0) is 63.0 Å². The summed E-state index contributed by atoms with van der Waals surface area (Å²) in [6.45, 7) is 3.53. The Bertz CT molecular complexity index is 1180. The molecule has 33 heavy (non-hydrogen) atoms. The molecule has 1 saturated heterocycles. The average molecular weight is 484 g/mol. The van der Waals surface area contributed by atoms with Gasteiger partial charge in [-0.3, -0.25) is 9.69 Å². The van der Waals surface area contributed by atoms with Crippen molar-refractivity contribution in [1.82, 2.24) is 14.9 Å². The van der Waals surface area contributed by atoms with Crippen molar-refractivity contribution < 1.29 is 9.18 Å². The molecular weight excluding hydrogens is 461 g/mol. The summed E-state index contributed by atoms with van der Waals surface area (Å²) in [6.07, 6.45) is 7.96. The third kappa shape index (κ3) is 4.19. The van der Waals surface area contributed by atoms with Gasteiger partial charge >= 0.3 is 0 Å². The Hall–Kier alpha value is -3.02. The molecule has 1 aliphatic heterocycles. The van der Waals surface area contributed by atoms with E-state index in [2.05, 4.69) is 9.97 Å². The van der Waals surface area contributed by atoms with E-state index in [1.54, 1.807) is 31.0 Å². The van der Waals surface area contributed by atoms with Crippen molar-refractivity contribution in [2.45, 2.75) is 51.1 Å². The first kappa shape index (κ1) is 23.1. The molecule has 2 aliphatic rings. The first-order chi connectivity index (χ1) is 15.8. The Morgan fingerprint density at radius 2 is 2.06 bits per heavy atom. The minimum atomic E-state index is -0.996. The molecule has 4 rings (SSSR count). The normalized spacial score (nSPS) is 20.3. The van der Waals surface area contributed by atoms with Gasteiger partial charge in [0.25, 0.3) is 5.91 Å². The lowest BCUT2D eigenvalue weighted by atomic mass is 9.98. The second kappa shape index (κ2) is 9.08. The van der Waals surface area contributed by atoms with Crippen LogP contribution in [0.4, 0.5) is 10.1 Å². The molecule has 0 saturated carbocycles. The van der Waals surface area contributed by atoms with Crippen molar-refractivity contribution >= 4 is 40.5 Å². The monoisotopic (exact) mass is 483 g/mol. The number of rotatable bonds is 6. The third-order valence-corrected chi connectivity index (χ3v) is 6.81. The number of anilines is 1. The van der Waals surface area contributed by atoms with E-state index in [-0.39, 0.29) is 28.0 Å². The number of carbonyl (C=O) groups is 1. The number of hydrogen-bond donors (Lipinski definition) is 1. The molecule has 1 amide bonds. The van der Waals surface area contributed by atoms with Crippen molar-refractivity contribution in [3.05, 3.63) is 70.6 Å². The lowest BCUT2D eigenvalue weighted by Gasteiger charge is -2.30. The summed E-state index contributed by atoms with van der Waals surface area (Å²) in [6, 6.07) is 8.81. The molecule has 0 spiro atoms. The number of carbonyl (C=O) groups excluding carboxylic acids is 1. The first-order valence-electron chi connectivity index (χ1n) is 10.7. The topological polar surface area (TPSA) is 76.0 Å². The summed E-state index contributed by atoms with van der Waals surface area (Å²) in [5, 5.41) is 9.06. The molecule has 9 heteroatoms. The predicted molar refractivity (Wildman–Crippen MR) is 129 cm³/mol. The highest BCUT2D eigenvalue weighted by molar-refractivity contribution is 7.80. The summed E-state index contributed by atoms with van der Waals surface area (Å²) < 4.78 is 15.0. The molecule has 1 fully saturated rings. The maximum atomic E-state index is 15.0. The maximum absolute atomic E-state index is 15.0. The summed E-state index contributed by atoms with van der Waals surface area (Å²) in [5.41, 5.74) is 1.000. The van der Waals surface area contributed by atoms with Crippen LogP contribution in [0, 0.1) is 11.3 Å². The van der Waals surface area contributed by atoms with E-state index in [1.807, 2.05) is 36.5 Å². The molecule has 0 radical (unpaired) electrons. The van der Waals surface area contributed by atoms with Crippen LogP contribution in [0.5, 0.6) is 0 Å². The van der Waals surface area contributed by atoms with Crippen molar-refractivity contribution in [2.75, 3.05) is 4.90 Å². The molecule has 6 nitrogen and oxygen atoms in total. The minimum absolute atomic E-state index is 0.0710. The Balaban J connectivity index is 1.52. The fourth-order valence-corrected chi connectivity index (χ4v) is 5.04. The standard InChI is InChI=1S/C24H23ClFN5OS/c1-24(2)22(32)30(18-11-8-16(14-27)20(25)21(18)26)23(33)31(24)17-9-6-15(7-10-17)4-3-5-19-28-12-13-29-19/h6-10,12-13,18H,3-5,11H2,1-2H3,(H,28,29). The Labute approximate surface area is 202 Å². The van der Waals surface area contributed by atoms with Gasteiger partial charge in [0.1, 0.15) is 23.3 Å². The predicted octanol–water partition coefficient (Wildman–Crippen LogP) is 4.94. The van der Waals surface area contributed by atoms with E-state index in [0.29, 0.717) is 0 Å². The van der Waals surface area contributed by atoms with Crippen LogP contribution >= 0.6 is 23.8 Å². The fourth-order valence-electron chi connectivity index (χ4n) is 4.25. The number of H-pyrrole nitrogens is 1. The molecule has 1 N–H and O–H groups in total. The van der Waals surface area contributed by atoms with Gasteiger partial charge in [0.15, 0.2) is 5.11 Å². The zero-order valence-corrected chi connectivity index (χ0v) is 19.9. The fraction of sp³-hybridized carbons (Fsp3) is 0.333. The van der Waals surface area contributed by atoms with E-state index in [0.717, 1.165) is 30.8 Å².